The number of aromatic hydroxyl groups is 1. The van der Waals surface area contributed by atoms with Crippen molar-refractivity contribution in [2.24, 2.45) is 5.92 Å². The molecule has 4 aromatic rings. The number of thioether (sulfide) groups is 1. The van der Waals surface area contributed by atoms with Gasteiger partial charge in [0.2, 0.25) is 5.88 Å². The van der Waals surface area contributed by atoms with Crippen molar-refractivity contribution in [2.75, 3.05) is 11.1 Å². The molecule has 0 atom stereocenters. The molecule has 0 spiro atoms. The van der Waals surface area contributed by atoms with Gasteiger partial charge in [-0.25, -0.2) is 24.9 Å². The summed E-state index contributed by atoms with van der Waals surface area (Å²) in [6, 6.07) is 3.97. The monoisotopic (exact) mass is 504 g/mol. The second-order valence-corrected chi connectivity index (χ2v) is 10.5. The normalized spacial score (nSPS) is 13.4. The molecule has 1 saturated carbocycles. The molecule has 10 nitrogen and oxygen atoms in total. The van der Waals surface area contributed by atoms with E-state index in [-0.39, 0.29) is 34.9 Å². The summed E-state index contributed by atoms with van der Waals surface area (Å²) in [5.41, 5.74) is 2.59. The SMILES string of the molecule is CCSc1ccc(CNc2nc3cnc(-c4c(O)ncnc4C4CC4)nc3n(CC(C)C)c2=O)nc1. The van der Waals surface area contributed by atoms with Crippen molar-refractivity contribution in [3.05, 3.63) is 52.6 Å². The third kappa shape index (κ3) is 5.01. The van der Waals surface area contributed by atoms with Crippen LogP contribution in [0.5, 0.6) is 5.88 Å². The maximum Gasteiger partial charge on any atom is 0.294 e. The molecule has 4 aromatic heterocycles. The van der Waals surface area contributed by atoms with E-state index < -0.39 is 0 Å². The molecule has 11 heteroatoms. The minimum absolute atomic E-state index is 0.161. The summed E-state index contributed by atoms with van der Waals surface area (Å²) in [4.78, 5) is 41.1. The van der Waals surface area contributed by atoms with Crippen LogP contribution >= 0.6 is 11.8 Å². The first-order valence-corrected chi connectivity index (χ1v) is 13.1. The molecular weight excluding hydrogens is 476 g/mol. The Kier molecular flexibility index (Phi) is 6.82. The fourth-order valence-electron chi connectivity index (χ4n) is 4.02. The Morgan fingerprint density at radius 2 is 1.97 bits per heavy atom. The lowest BCUT2D eigenvalue weighted by molar-refractivity contribution is 0.452. The van der Waals surface area contributed by atoms with Crippen molar-refractivity contribution in [3.8, 4) is 17.3 Å². The van der Waals surface area contributed by atoms with E-state index in [1.165, 1.54) is 6.33 Å². The van der Waals surface area contributed by atoms with E-state index in [1.807, 2.05) is 32.2 Å². The summed E-state index contributed by atoms with van der Waals surface area (Å²) in [6.07, 6.45) is 6.77. The summed E-state index contributed by atoms with van der Waals surface area (Å²) in [5.74, 6) is 1.79. The van der Waals surface area contributed by atoms with Crippen LogP contribution in [0, 0.1) is 5.92 Å². The van der Waals surface area contributed by atoms with Gasteiger partial charge in [-0.05, 0) is 36.6 Å². The fourth-order valence-corrected chi connectivity index (χ4v) is 4.64. The Balaban J connectivity index is 1.53. The molecule has 0 bridgehead atoms. The molecule has 0 aliphatic heterocycles. The van der Waals surface area contributed by atoms with Gasteiger partial charge in [0, 0.05) is 23.6 Å². The lowest BCUT2D eigenvalue weighted by Crippen LogP contribution is -2.28. The average molecular weight is 505 g/mol. The van der Waals surface area contributed by atoms with Crippen LogP contribution in [0.15, 0.2) is 40.5 Å². The summed E-state index contributed by atoms with van der Waals surface area (Å²) in [7, 11) is 0. The molecule has 1 aliphatic rings. The third-order valence-corrected chi connectivity index (χ3v) is 6.69. The van der Waals surface area contributed by atoms with Gasteiger partial charge in [0.15, 0.2) is 17.3 Å². The second-order valence-electron chi connectivity index (χ2n) is 9.18. The van der Waals surface area contributed by atoms with Gasteiger partial charge in [-0.3, -0.25) is 14.3 Å². The maximum absolute atomic E-state index is 13.5. The predicted molar refractivity (Wildman–Crippen MR) is 139 cm³/mol. The molecule has 5 rings (SSSR count). The van der Waals surface area contributed by atoms with Gasteiger partial charge >= 0.3 is 0 Å². The number of hydrogen-bond donors (Lipinski definition) is 2. The molecular formula is C25H28N8O2S. The molecule has 1 fully saturated rings. The fraction of sp³-hybridized carbons (Fsp3) is 0.400. The number of pyridine rings is 1. The van der Waals surface area contributed by atoms with Gasteiger partial charge in [0.1, 0.15) is 17.4 Å². The molecule has 2 N–H and O–H groups in total. The lowest BCUT2D eigenvalue weighted by atomic mass is 10.1. The molecule has 186 valence electrons. The van der Waals surface area contributed by atoms with Gasteiger partial charge in [-0.15, -0.1) is 11.8 Å². The van der Waals surface area contributed by atoms with Crippen LogP contribution in [-0.2, 0) is 13.1 Å². The highest BCUT2D eigenvalue weighted by molar-refractivity contribution is 7.99. The summed E-state index contributed by atoms with van der Waals surface area (Å²) in [6.45, 7) is 7.00. The Labute approximate surface area is 212 Å². The van der Waals surface area contributed by atoms with Gasteiger partial charge in [-0.2, -0.15) is 0 Å². The molecule has 4 heterocycles. The van der Waals surface area contributed by atoms with Gasteiger partial charge in [-0.1, -0.05) is 20.8 Å². The van der Waals surface area contributed by atoms with Crippen LogP contribution in [0.2, 0.25) is 0 Å². The zero-order valence-corrected chi connectivity index (χ0v) is 21.3. The Bertz CT molecular complexity index is 1450. The van der Waals surface area contributed by atoms with E-state index in [9.17, 15) is 9.90 Å². The minimum atomic E-state index is -0.269. The van der Waals surface area contributed by atoms with E-state index in [2.05, 4.69) is 42.1 Å². The lowest BCUT2D eigenvalue weighted by Gasteiger charge is -2.15. The van der Waals surface area contributed by atoms with Crippen molar-refractivity contribution in [3.63, 3.8) is 0 Å². The maximum atomic E-state index is 13.5. The Hall–Kier alpha value is -3.60. The van der Waals surface area contributed by atoms with Crippen LogP contribution in [0.1, 0.15) is 50.9 Å². The second kappa shape index (κ2) is 10.2. The zero-order chi connectivity index (χ0) is 25.2. The van der Waals surface area contributed by atoms with E-state index in [0.29, 0.717) is 29.8 Å². The van der Waals surface area contributed by atoms with Crippen molar-refractivity contribution in [1.29, 1.82) is 0 Å². The number of fused-ring (bicyclic) bond motifs is 1. The van der Waals surface area contributed by atoms with Crippen LogP contribution in [0.4, 0.5) is 5.82 Å². The highest BCUT2D eigenvalue weighted by Gasteiger charge is 2.31. The molecule has 0 amide bonds. The first kappa shape index (κ1) is 24.1. The molecule has 0 unspecified atom stereocenters. The van der Waals surface area contributed by atoms with E-state index >= 15 is 0 Å². The summed E-state index contributed by atoms with van der Waals surface area (Å²) >= 11 is 1.73. The topological polar surface area (TPSA) is 132 Å². The van der Waals surface area contributed by atoms with Crippen molar-refractivity contribution in [1.82, 2.24) is 34.5 Å². The average Bonchev–Trinajstić information content (AvgIpc) is 3.71. The quantitative estimate of drug-likeness (QED) is 0.322. The smallest absolute Gasteiger partial charge is 0.294 e. The van der Waals surface area contributed by atoms with Crippen molar-refractivity contribution < 1.29 is 5.11 Å². The first-order chi connectivity index (χ1) is 17.4. The van der Waals surface area contributed by atoms with Gasteiger partial charge in [0.25, 0.3) is 5.56 Å². The predicted octanol–water partition coefficient (Wildman–Crippen LogP) is 4.00. The highest BCUT2D eigenvalue weighted by Crippen LogP contribution is 2.44. The van der Waals surface area contributed by atoms with Gasteiger partial charge < -0.3 is 10.4 Å². The highest BCUT2D eigenvalue weighted by atomic mass is 32.2. The van der Waals surface area contributed by atoms with Crippen LogP contribution in [-0.4, -0.2) is 45.3 Å². The van der Waals surface area contributed by atoms with E-state index in [4.69, 9.17) is 0 Å². The largest absolute Gasteiger partial charge is 0.493 e. The summed E-state index contributed by atoms with van der Waals surface area (Å²) < 4.78 is 1.62. The van der Waals surface area contributed by atoms with Crippen molar-refractivity contribution >= 4 is 28.7 Å². The molecule has 0 radical (unpaired) electrons. The Morgan fingerprint density at radius 3 is 2.67 bits per heavy atom. The standard InChI is InChI=1S/C25H28N8O2S/c1-4-36-17-8-7-16(26-10-17)9-27-22-25(35)33(12-14(2)3)23-18(31-22)11-28-21(32-23)19-20(15-5-6-15)29-13-30-24(19)34/h7-8,10-11,13-15H,4-6,9,12H2,1-3H3,(H,27,31)(H,29,30,34). The minimum Gasteiger partial charge on any atom is -0.493 e. The molecule has 1 aliphatic carbocycles. The molecule has 0 saturated heterocycles. The zero-order valence-electron chi connectivity index (χ0n) is 20.5. The van der Waals surface area contributed by atoms with Crippen LogP contribution < -0.4 is 10.9 Å². The van der Waals surface area contributed by atoms with Gasteiger partial charge in [0.05, 0.1) is 24.1 Å². The number of nitrogens with one attached hydrogen (secondary N) is 1. The van der Waals surface area contributed by atoms with E-state index in [1.54, 1.807) is 22.5 Å². The molecule has 36 heavy (non-hydrogen) atoms. The molecule has 0 aromatic carbocycles. The van der Waals surface area contributed by atoms with Crippen LogP contribution in [0.25, 0.3) is 22.6 Å². The number of nitrogens with zero attached hydrogens (tertiary/aromatic N) is 7. The number of anilines is 1. The van der Waals surface area contributed by atoms with E-state index in [0.717, 1.165) is 34.9 Å². The van der Waals surface area contributed by atoms with Crippen molar-refractivity contribution in [2.45, 2.75) is 57.5 Å². The number of rotatable bonds is 9. The van der Waals surface area contributed by atoms with Crippen LogP contribution in [0.3, 0.4) is 0 Å². The third-order valence-electron chi connectivity index (χ3n) is 5.82. The number of hydrogen-bond acceptors (Lipinski definition) is 10. The number of aromatic nitrogens is 7. The Morgan fingerprint density at radius 1 is 1.14 bits per heavy atom. The first-order valence-electron chi connectivity index (χ1n) is 12.1. The summed E-state index contributed by atoms with van der Waals surface area (Å²) in [5, 5.41) is 13.6.